The van der Waals surface area contributed by atoms with Crippen molar-refractivity contribution in [2.45, 2.75) is 20.8 Å². The van der Waals surface area contributed by atoms with Gasteiger partial charge in [-0.15, -0.1) is 11.3 Å². The van der Waals surface area contributed by atoms with Gasteiger partial charge in [-0.25, -0.2) is 0 Å². The monoisotopic (exact) mass is 530 g/mol. The molecule has 0 bridgehead atoms. The number of hydrogen-bond donors (Lipinski definition) is 0. The Bertz CT molecular complexity index is 1990. The molecule has 0 radical (unpaired) electrons. The first-order valence-corrected chi connectivity index (χ1v) is 14.7. The zero-order valence-electron chi connectivity index (χ0n) is 23.0. The van der Waals surface area contributed by atoms with Crippen molar-refractivity contribution in [2.75, 3.05) is 0 Å². The van der Waals surface area contributed by atoms with Gasteiger partial charge in [0.05, 0.1) is 0 Å². The van der Waals surface area contributed by atoms with Gasteiger partial charge in [-0.3, -0.25) is 0 Å². The number of rotatable bonds is 4. The largest absolute Gasteiger partial charge is 0.135 e. The summed E-state index contributed by atoms with van der Waals surface area (Å²) in [6, 6.07) is 47.2. The molecule has 7 aromatic rings. The van der Waals surface area contributed by atoms with E-state index in [9.17, 15) is 0 Å². The molecule has 0 unspecified atom stereocenters. The molecule has 0 atom stereocenters. The minimum atomic E-state index is 1.26. The SMILES string of the molecule is Cc1ccc(-c2sc3cc(-c4ccc(-c5ccc(C)cc5)c5ccccc45)ccc3c2-c2ccc(C)cc2)cc1. The molecule has 7 rings (SSSR count). The highest BCUT2D eigenvalue weighted by atomic mass is 32.1. The van der Waals surface area contributed by atoms with E-state index < -0.39 is 0 Å². The number of thiophene rings is 1. The van der Waals surface area contributed by atoms with Crippen molar-refractivity contribution in [3.8, 4) is 43.8 Å². The van der Waals surface area contributed by atoms with Gasteiger partial charge >= 0.3 is 0 Å². The number of fused-ring (bicyclic) bond motifs is 2. The highest BCUT2D eigenvalue weighted by Gasteiger charge is 2.17. The molecule has 0 spiro atoms. The molecule has 0 fully saturated rings. The number of hydrogen-bond acceptors (Lipinski definition) is 1. The second-order valence-electron chi connectivity index (χ2n) is 10.8. The topological polar surface area (TPSA) is 0 Å². The average molecular weight is 531 g/mol. The molecular formula is C39H30S. The molecule has 0 saturated heterocycles. The Balaban J connectivity index is 1.42. The predicted octanol–water partition coefficient (Wildman–Crippen LogP) is 11.6. The van der Waals surface area contributed by atoms with Crippen LogP contribution < -0.4 is 0 Å². The van der Waals surface area contributed by atoms with Gasteiger partial charge in [0.15, 0.2) is 0 Å². The van der Waals surface area contributed by atoms with E-state index >= 15 is 0 Å². The molecule has 6 aromatic carbocycles. The van der Waals surface area contributed by atoms with E-state index in [1.807, 2.05) is 11.3 Å². The Morgan fingerprint density at radius 3 is 1.45 bits per heavy atom. The minimum absolute atomic E-state index is 1.26. The van der Waals surface area contributed by atoms with E-state index in [-0.39, 0.29) is 0 Å². The Morgan fingerprint density at radius 2 is 0.875 bits per heavy atom. The summed E-state index contributed by atoms with van der Waals surface area (Å²) >= 11 is 1.90. The van der Waals surface area contributed by atoms with Crippen molar-refractivity contribution < 1.29 is 0 Å². The molecule has 1 aromatic heterocycles. The maximum atomic E-state index is 2.39. The number of benzene rings is 6. The zero-order valence-corrected chi connectivity index (χ0v) is 23.8. The first kappa shape index (κ1) is 24.6. The van der Waals surface area contributed by atoms with Crippen molar-refractivity contribution in [3.63, 3.8) is 0 Å². The minimum Gasteiger partial charge on any atom is -0.135 e. The van der Waals surface area contributed by atoms with Crippen molar-refractivity contribution in [1.29, 1.82) is 0 Å². The van der Waals surface area contributed by atoms with Gasteiger partial charge in [-0.1, -0.05) is 138 Å². The van der Waals surface area contributed by atoms with Gasteiger partial charge in [-0.05, 0) is 71.0 Å². The van der Waals surface area contributed by atoms with Crippen molar-refractivity contribution >= 4 is 32.2 Å². The summed E-state index contributed by atoms with van der Waals surface area (Å²) in [4.78, 5) is 1.33. The van der Waals surface area contributed by atoms with E-state index in [2.05, 4.69) is 148 Å². The second kappa shape index (κ2) is 9.93. The third-order valence-electron chi connectivity index (χ3n) is 7.94. The van der Waals surface area contributed by atoms with Crippen LogP contribution in [0.25, 0.3) is 64.7 Å². The van der Waals surface area contributed by atoms with Crippen LogP contribution in [0.15, 0.2) is 127 Å². The van der Waals surface area contributed by atoms with Crippen LogP contribution in [-0.2, 0) is 0 Å². The third kappa shape index (κ3) is 4.33. The Hall–Kier alpha value is -4.46. The molecule has 0 nitrogen and oxygen atoms in total. The fourth-order valence-corrected chi connectivity index (χ4v) is 6.98. The second-order valence-corrected chi connectivity index (χ2v) is 11.9. The Morgan fingerprint density at radius 1 is 0.400 bits per heavy atom. The third-order valence-corrected chi connectivity index (χ3v) is 9.14. The normalized spacial score (nSPS) is 11.4. The molecular weight excluding hydrogens is 500 g/mol. The number of aryl methyl sites for hydroxylation is 3. The van der Waals surface area contributed by atoms with Gasteiger partial charge in [0, 0.05) is 20.5 Å². The van der Waals surface area contributed by atoms with Crippen molar-refractivity contribution in [2.24, 2.45) is 0 Å². The first-order chi connectivity index (χ1) is 19.5. The molecule has 1 heteroatoms. The summed E-state index contributed by atoms with van der Waals surface area (Å²) in [6.45, 7) is 6.44. The molecule has 0 aliphatic rings. The van der Waals surface area contributed by atoms with E-state index in [1.54, 1.807) is 0 Å². The zero-order chi connectivity index (χ0) is 27.2. The molecule has 0 saturated carbocycles. The summed E-state index contributed by atoms with van der Waals surface area (Å²) in [5.74, 6) is 0. The molecule has 192 valence electrons. The van der Waals surface area contributed by atoms with E-state index in [4.69, 9.17) is 0 Å². The standard InChI is InChI=1S/C39H30S/c1-25-8-14-28(15-9-25)32-22-23-33(35-7-5-4-6-34(32)35)31-20-21-36-37(24-31)40-39(30-18-12-27(3)13-19-30)38(36)29-16-10-26(2)11-17-29/h4-24H,1-3H3. The van der Waals surface area contributed by atoms with Crippen LogP contribution in [0.1, 0.15) is 16.7 Å². The molecule has 0 aliphatic carbocycles. The Labute approximate surface area is 240 Å². The van der Waals surface area contributed by atoms with Crippen LogP contribution in [0.5, 0.6) is 0 Å². The highest BCUT2D eigenvalue weighted by Crippen LogP contribution is 2.46. The average Bonchev–Trinajstić information content (AvgIpc) is 3.37. The summed E-state index contributed by atoms with van der Waals surface area (Å²) in [6.07, 6.45) is 0. The summed E-state index contributed by atoms with van der Waals surface area (Å²) in [7, 11) is 0. The Kier molecular flexibility index (Phi) is 6.10. The highest BCUT2D eigenvalue weighted by molar-refractivity contribution is 7.23. The summed E-state index contributed by atoms with van der Waals surface area (Å²) in [5.41, 5.74) is 12.8. The molecule has 0 amide bonds. The van der Waals surface area contributed by atoms with Crippen LogP contribution in [-0.4, -0.2) is 0 Å². The van der Waals surface area contributed by atoms with E-state index in [1.165, 1.54) is 81.4 Å². The molecule has 0 aliphatic heterocycles. The van der Waals surface area contributed by atoms with Gasteiger partial charge in [0.1, 0.15) is 0 Å². The lowest BCUT2D eigenvalue weighted by molar-refractivity contribution is 1.47. The van der Waals surface area contributed by atoms with Gasteiger partial charge in [-0.2, -0.15) is 0 Å². The molecule has 40 heavy (non-hydrogen) atoms. The first-order valence-electron chi connectivity index (χ1n) is 13.8. The van der Waals surface area contributed by atoms with E-state index in [0.717, 1.165) is 0 Å². The maximum absolute atomic E-state index is 2.39. The molecule has 0 N–H and O–H groups in total. The van der Waals surface area contributed by atoms with Crippen LogP contribution in [0.2, 0.25) is 0 Å². The van der Waals surface area contributed by atoms with E-state index in [0.29, 0.717) is 0 Å². The maximum Gasteiger partial charge on any atom is 0.0433 e. The fraction of sp³-hybridized carbons (Fsp3) is 0.0769. The van der Waals surface area contributed by atoms with Gasteiger partial charge in [0.2, 0.25) is 0 Å². The quantitative estimate of drug-likeness (QED) is 0.212. The van der Waals surface area contributed by atoms with Gasteiger partial charge < -0.3 is 0 Å². The smallest absolute Gasteiger partial charge is 0.0433 e. The molecule has 1 heterocycles. The predicted molar refractivity (Wildman–Crippen MR) is 175 cm³/mol. The summed E-state index contributed by atoms with van der Waals surface area (Å²) in [5, 5.41) is 3.89. The van der Waals surface area contributed by atoms with Crippen molar-refractivity contribution in [1.82, 2.24) is 0 Å². The van der Waals surface area contributed by atoms with Gasteiger partial charge in [0.25, 0.3) is 0 Å². The fourth-order valence-electron chi connectivity index (χ4n) is 5.71. The lowest BCUT2D eigenvalue weighted by atomic mass is 9.91. The lowest BCUT2D eigenvalue weighted by Gasteiger charge is -2.13. The van der Waals surface area contributed by atoms with Crippen LogP contribution in [0.4, 0.5) is 0 Å². The summed E-state index contributed by atoms with van der Waals surface area (Å²) < 4.78 is 1.32. The van der Waals surface area contributed by atoms with Crippen molar-refractivity contribution in [3.05, 3.63) is 144 Å². The van der Waals surface area contributed by atoms with Crippen LogP contribution in [0, 0.1) is 20.8 Å². The van der Waals surface area contributed by atoms with Crippen LogP contribution >= 0.6 is 11.3 Å². The van der Waals surface area contributed by atoms with Crippen LogP contribution in [0.3, 0.4) is 0 Å². The lowest BCUT2D eigenvalue weighted by Crippen LogP contribution is -1.86.